The molecule has 2 saturated heterocycles. The molecule has 0 spiro atoms. The molecule has 3 aliphatic rings. The molecule has 0 bridgehead atoms. The van der Waals surface area contributed by atoms with E-state index in [4.69, 9.17) is 52.4 Å². The van der Waals surface area contributed by atoms with Crippen LogP contribution in [-0.4, -0.2) is 78.9 Å². The Balaban J connectivity index is 1.16. The molecule has 1 aliphatic carbocycles. The van der Waals surface area contributed by atoms with E-state index >= 15 is 0 Å². The van der Waals surface area contributed by atoms with E-state index in [2.05, 4.69) is 21.6 Å². The first-order valence-electron chi connectivity index (χ1n) is 16.2. The average Bonchev–Trinajstić information content (AvgIpc) is 3.70. The van der Waals surface area contributed by atoms with Crippen LogP contribution in [0.1, 0.15) is 42.1 Å². The number of rotatable bonds is 11. The minimum Gasteiger partial charge on any atom is -0.481 e. The number of aromatic nitrogens is 3. The van der Waals surface area contributed by atoms with Crippen LogP contribution in [0.3, 0.4) is 0 Å². The van der Waals surface area contributed by atoms with Crippen molar-refractivity contribution in [2.45, 2.75) is 50.4 Å². The highest BCUT2D eigenvalue weighted by Crippen LogP contribution is 2.44. The summed E-state index contributed by atoms with van der Waals surface area (Å²) in [7, 11) is 4.98. The van der Waals surface area contributed by atoms with Gasteiger partial charge >= 0.3 is 0 Å². The van der Waals surface area contributed by atoms with Crippen molar-refractivity contribution in [3.05, 3.63) is 75.5 Å². The lowest BCUT2D eigenvalue weighted by molar-refractivity contribution is -0.119. The molecule has 48 heavy (non-hydrogen) atoms. The molecule has 0 radical (unpaired) electrons. The average molecular weight is 690 g/mol. The van der Waals surface area contributed by atoms with Crippen molar-refractivity contribution in [1.29, 1.82) is 0 Å². The van der Waals surface area contributed by atoms with Crippen LogP contribution in [0.5, 0.6) is 11.8 Å². The van der Waals surface area contributed by atoms with E-state index in [1.54, 1.807) is 27.5 Å². The second-order valence-corrected chi connectivity index (χ2v) is 13.2. The summed E-state index contributed by atoms with van der Waals surface area (Å²) in [4.78, 5) is 28.3. The van der Waals surface area contributed by atoms with Crippen molar-refractivity contribution in [1.82, 2.24) is 30.5 Å². The Kier molecular flexibility index (Phi) is 9.53. The van der Waals surface area contributed by atoms with E-state index in [1.807, 2.05) is 36.4 Å². The van der Waals surface area contributed by atoms with E-state index in [9.17, 15) is 4.79 Å². The normalized spacial score (nSPS) is 19.2. The molecule has 2 aromatic heterocycles. The third-order valence-electron chi connectivity index (χ3n) is 9.52. The van der Waals surface area contributed by atoms with Crippen molar-refractivity contribution in [3.8, 4) is 45.4 Å². The quantitative estimate of drug-likeness (QED) is 0.200. The summed E-state index contributed by atoms with van der Waals surface area (Å²) in [6.45, 7) is 3.05. The first-order valence-corrected chi connectivity index (χ1v) is 17.0. The minimum absolute atomic E-state index is 0.104. The van der Waals surface area contributed by atoms with E-state index in [1.165, 1.54) is 5.56 Å². The predicted octanol–water partition coefficient (Wildman–Crippen LogP) is 5.88. The molecule has 2 atom stereocenters. The number of pyridine rings is 1. The molecule has 2 N–H and O–H groups in total. The second kappa shape index (κ2) is 14.0. The number of nitrogens with zero attached hydrogens (tertiary/aromatic N) is 4. The van der Waals surface area contributed by atoms with Gasteiger partial charge < -0.3 is 24.8 Å². The molecule has 10 nitrogen and oxygen atoms in total. The number of fused-ring (bicyclic) bond motifs is 1. The zero-order chi connectivity index (χ0) is 33.4. The van der Waals surface area contributed by atoms with Crippen LogP contribution in [0.15, 0.2) is 48.7 Å². The van der Waals surface area contributed by atoms with E-state index in [0.717, 1.165) is 71.6 Å². The second-order valence-electron chi connectivity index (χ2n) is 12.5. The fraction of sp³-hybridized carbons (Fsp3) is 0.389. The largest absolute Gasteiger partial charge is 0.481 e. The standard InChI is InChI=1S/C36H38Cl2N6O4/c1-46-22-17-44(18-22)19-30-35(47-2)43-29(16-40-30)26-9-5-7-24(34(26)38)23-6-4-8-25(33(23)37)28-14-20-10-12-27(32(20)36(42-28)48-3)39-15-21-11-13-31(45)41-21/h4-9,14,16,21-22,27,39H,10-13,15,17-19H2,1-3H3,(H,41,45)/t21-,27-/m0/s1. The number of hydrogen-bond acceptors (Lipinski definition) is 9. The number of hydrogen-bond donors (Lipinski definition) is 2. The number of benzene rings is 2. The summed E-state index contributed by atoms with van der Waals surface area (Å²) in [5.74, 6) is 1.17. The predicted molar refractivity (Wildman–Crippen MR) is 186 cm³/mol. The Morgan fingerprint density at radius 1 is 0.896 bits per heavy atom. The summed E-state index contributed by atoms with van der Waals surface area (Å²) in [5, 5.41) is 7.71. The van der Waals surface area contributed by atoms with Gasteiger partial charge in [-0.15, -0.1) is 0 Å². The van der Waals surface area contributed by atoms with Gasteiger partial charge in [0.05, 0.1) is 48.0 Å². The van der Waals surface area contributed by atoms with Crippen LogP contribution in [0.25, 0.3) is 33.6 Å². The third-order valence-corrected chi connectivity index (χ3v) is 10.3. The van der Waals surface area contributed by atoms with Crippen LogP contribution in [-0.2, 0) is 22.5 Å². The van der Waals surface area contributed by atoms with Crippen molar-refractivity contribution in [3.63, 3.8) is 0 Å². The lowest BCUT2D eigenvalue weighted by Crippen LogP contribution is -2.51. The minimum atomic E-state index is 0.104. The van der Waals surface area contributed by atoms with Gasteiger partial charge in [0.25, 0.3) is 0 Å². The topological polar surface area (TPSA) is 111 Å². The molecule has 4 heterocycles. The molecule has 2 aromatic carbocycles. The molecular weight excluding hydrogens is 651 g/mol. The van der Waals surface area contributed by atoms with Crippen molar-refractivity contribution >= 4 is 29.1 Å². The van der Waals surface area contributed by atoms with Gasteiger partial charge in [0.2, 0.25) is 17.7 Å². The summed E-state index contributed by atoms with van der Waals surface area (Å²) < 4.78 is 16.9. The Morgan fingerprint density at radius 2 is 1.56 bits per heavy atom. The van der Waals surface area contributed by atoms with Crippen LogP contribution in [0.2, 0.25) is 10.0 Å². The molecule has 4 aromatic rings. The summed E-state index contributed by atoms with van der Waals surface area (Å²) in [5.41, 5.74) is 7.42. The van der Waals surface area contributed by atoms with Gasteiger partial charge in [-0.05, 0) is 30.9 Å². The third kappa shape index (κ3) is 6.35. The monoisotopic (exact) mass is 688 g/mol. The first-order chi connectivity index (χ1) is 23.4. The molecule has 1 amide bonds. The van der Waals surface area contributed by atoms with Gasteiger partial charge in [0, 0.05) is 79.6 Å². The first kappa shape index (κ1) is 32.7. The fourth-order valence-electron chi connectivity index (χ4n) is 6.91. The molecule has 2 aliphatic heterocycles. The summed E-state index contributed by atoms with van der Waals surface area (Å²) in [6.07, 6.45) is 5.24. The summed E-state index contributed by atoms with van der Waals surface area (Å²) >= 11 is 14.3. The van der Waals surface area contributed by atoms with Crippen molar-refractivity contribution < 1.29 is 19.0 Å². The number of methoxy groups -OCH3 is 3. The lowest BCUT2D eigenvalue weighted by Gasteiger charge is -2.37. The molecule has 0 unspecified atom stereocenters. The molecular formula is C36H38Cl2N6O4. The Bertz CT molecular complexity index is 1850. The fourth-order valence-corrected chi connectivity index (χ4v) is 7.55. The van der Waals surface area contributed by atoms with Gasteiger partial charge in [0.1, 0.15) is 5.69 Å². The maximum atomic E-state index is 11.7. The number of aryl methyl sites for hydroxylation is 1. The number of ether oxygens (including phenoxy) is 3. The zero-order valence-corrected chi connectivity index (χ0v) is 28.7. The maximum Gasteiger partial charge on any atom is 0.237 e. The summed E-state index contributed by atoms with van der Waals surface area (Å²) in [6, 6.07) is 14.1. The van der Waals surface area contributed by atoms with E-state index in [0.29, 0.717) is 47.0 Å². The molecule has 12 heteroatoms. The highest BCUT2D eigenvalue weighted by molar-refractivity contribution is 6.39. The smallest absolute Gasteiger partial charge is 0.237 e. The number of nitrogens with one attached hydrogen (secondary N) is 2. The van der Waals surface area contributed by atoms with Gasteiger partial charge in [-0.25, -0.2) is 9.97 Å². The molecule has 250 valence electrons. The van der Waals surface area contributed by atoms with E-state index < -0.39 is 0 Å². The number of likely N-dealkylation sites (tertiary alicyclic amines) is 1. The lowest BCUT2D eigenvalue weighted by atomic mass is 9.97. The highest BCUT2D eigenvalue weighted by Gasteiger charge is 2.31. The van der Waals surface area contributed by atoms with Gasteiger partial charge in [0.15, 0.2) is 0 Å². The van der Waals surface area contributed by atoms with Crippen LogP contribution in [0, 0.1) is 0 Å². The number of amides is 1. The van der Waals surface area contributed by atoms with E-state index in [-0.39, 0.29) is 24.1 Å². The molecule has 7 rings (SSSR count). The highest BCUT2D eigenvalue weighted by atomic mass is 35.5. The molecule has 0 saturated carbocycles. The maximum absolute atomic E-state index is 11.7. The van der Waals surface area contributed by atoms with Crippen LogP contribution >= 0.6 is 23.2 Å². The van der Waals surface area contributed by atoms with Crippen LogP contribution in [0.4, 0.5) is 0 Å². The van der Waals surface area contributed by atoms with Crippen molar-refractivity contribution in [2.24, 2.45) is 0 Å². The van der Waals surface area contributed by atoms with Gasteiger partial charge in [-0.2, -0.15) is 0 Å². The Labute approximate surface area is 290 Å². The zero-order valence-electron chi connectivity index (χ0n) is 27.2. The van der Waals surface area contributed by atoms with Gasteiger partial charge in [-0.3, -0.25) is 14.7 Å². The Hall–Kier alpha value is -3.80. The molecule has 2 fully saturated rings. The van der Waals surface area contributed by atoms with Crippen molar-refractivity contribution in [2.75, 3.05) is 41.0 Å². The van der Waals surface area contributed by atoms with Crippen LogP contribution < -0.4 is 20.1 Å². The SMILES string of the molecule is COc1nc(-c2cccc(-c3cccc(-c4cc5c(c(OC)n4)[C@@H](NC[C@@H]4CCC(=O)N4)CC5)c3Cl)c2Cl)cnc1CN1CC(OC)C1. The number of carbonyl (C=O) groups is 1. The number of carbonyl (C=O) groups excluding carboxylic acids is 1. The number of halogens is 2. The van der Waals surface area contributed by atoms with Gasteiger partial charge in [-0.1, -0.05) is 59.6 Å². The Morgan fingerprint density at radius 3 is 2.21 bits per heavy atom.